The van der Waals surface area contributed by atoms with Crippen molar-refractivity contribution in [3.05, 3.63) is 46.5 Å². The van der Waals surface area contributed by atoms with Crippen LogP contribution in [-0.2, 0) is 14.2 Å². The number of benzene rings is 2. The summed E-state index contributed by atoms with van der Waals surface area (Å²) in [7, 11) is -0.185. The molecule has 1 unspecified atom stereocenters. The molecule has 1 atom stereocenters. The minimum absolute atomic E-state index is 0. The van der Waals surface area contributed by atoms with Crippen LogP contribution in [0.5, 0.6) is 17.2 Å². The van der Waals surface area contributed by atoms with E-state index < -0.39 is 0 Å². The molecule has 2 rings (SSSR count). The van der Waals surface area contributed by atoms with Crippen LogP contribution in [0.4, 0.5) is 0 Å². The van der Waals surface area contributed by atoms with Gasteiger partial charge in [0.15, 0.2) is 5.52 Å². The van der Waals surface area contributed by atoms with E-state index in [1.54, 1.807) is 0 Å². The first-order chi connectivity index (χ1) is 17.4. The Morgan fingerprint density at radius 2 is 1.11 bits per heavy atom. The zero-order chi connectivity index (χ0) is 26.3. The van der Waals surface area contributed by atoms with Crippen molar-refractivity contribution in [1.29, 1.82) is 0 Å². The Morgan fingerprint density at radius 3 is 1.54 bits per heavy atom. The van der Waals surface area contributed by atoms with E-state index in [9.17, 15) is 4.79 Å². The van der Waals surface area contributed by atoms with Gasteiger partial charge in [0, 0.05) is 37.5 Å². The molecule has 0 saturated carbocycles. The molecule has 0 aliphatic carbocycles. The molecule has 0 heterocycles. The van der Waals surface area contributed by atoms with E-state index in [1.807, 2.05) is 65.8 Å². The number of rotatable bonds is 18. The second-order valence-electron chi connectivity index (χ2n) is 8.16. The van der Waals surface area contributed by atoms with E-state index in [2.05, 4.69) is 0 Å². The molecular weight excluding hydrogens is 486 g/mol. The van der Waals surface area contributed by atoms with Gasteiger partial charge in [-0.15, -0.1) is 0 Å². The van der Waals surface area contributed by atoms with E-state index in [1.165, 1.54) is 0 Å². The number of aryl methyl sites for hydroxylation is 3. The van der Waals surface area contributed by atoms with Crippen molar-refractivity contribution in [3.8, 4) is 17.2 Å². The van der Waals surface area contributed by atoms with Gasteiger partial charge in [0.2, 0.25) is 0 Å². The second-order valence-corrected chi connectivity index (χ2v) is 9.36. The molecule has 0 radical (unpaired) electrons. The van der Waals surface area contributed by atoms with Crippen molar-refractivity contribution in [3.63, 3.8) is 0 Å². The topological polar surface area (TPSA) is 72.5 Å². The minimum atomic E-state index is -0.185. The average molecular weight is 529 g/mol. The summed E-state index contributed by atoms with van der Waals surface area (Å²) in [6.07, 6.45) is 0. The number of carbonyl (C=O) groups excluding carboxylic acids is 1. The summed E-state index contributed by atoms with van der Waals surface area (Å²) in [6.45, 7) is 16.1. The Labute approximate surface area is 235 Å². The van der Waals surface area contributed by atoms with Crippen LogP contribution in [0.1, 0.15) is 47.8 Å². The van der Waals surface area contributed by atoms with Gasteiger partial charge in [-0.25, -0.2) is 0 Å². The molecular formula is C28H42LiO7P. The predicted octanol–water partition coefficient (Wildman–Crippen LogP) is 4.35. The summed E-state index contributed by atoms with van der Waals surface area (Å²) in [5.41, 5.74) is 3.87. The Morgan fingerprint density at radius 1 is 0.676 bits per heavy atom. The molecule has 202 valence electrons. The Balaban J connectivity index is 0.00000684. The molecule has 9 heteroatoms. The molecule has 0 N–H and O–H groups in total. The van der Waals surface area contributed by atoms with E-state index >= 15 is 0 Å². The molecule has 2 aromatic carbocycles. The zero-order valence-corrected chi connectivity index (χ0v) is 23.5. The van der Waals surface area contributed by atoms with Crippen LogP contribution < -0.4 is 19.5 Å². The van der Waals surface area contributed by atoms with Crippen molar-refractivity contribution in [2.24, 2.45) is 0 Å². The van der Waals surface area contributed by atoms with E-state index in [0.29, 0.717) is 82.0 Å². The third-order valence-corrected chi connectivity index (χ3v) is 6.48. The average Bonchev–Trinajstić information content (AvgIpc) is 2.83. The van der Waals surface area contributed by atoms with Crippen LogP contribution in [0, 0.1) is 20.8 Å². The number of hydrogen-bond donors (Lipinski definition) is 0. The quantitative estimate of drug-likeness (QED) is 0.162. The van der Waals surface area contributed by atoms with Crippen molar-refractivity contribution in [2.45, 2.75) is 41.5 Å². The molecule has 0 saturated heterocycles. The second kappa shape index (κ2) is 18.6. The number of carbonyl (C=O) groups is 1. The number of ether oxygens (including phenoxy) is 6. The van der Waals surface area contributed by atoms with Gasteiger partial charge in [0.1, 0.15) is 37.1 Å². The van der Waals surface area contributed by atoms with Gasteiger partial charge >= 0.3 is 18.9 Å². The van der Waals surface area contributed by atoms with Crippen molar-refractivity contribution < 1.29 is 33.2 Å². The summed E-state index contributed by atoms with van der Waals surface area (Å²) in [4.78, 5) is 13.6. The standard InChI is InChI=1S/C28H41O7P.Li.H/c1-7-30-10-13-33-23-18-24(34-14-11-31-8-2)27(25(19-23)35-15-12-32-9-3)36-28(29)26-21(5)16-20(4)17-22(26)6;;/h16-19,36H,7-15H2,1-6H3;;. The molecule has 0 aliphatic heterocycles. The van der Waals surface area contributed by atoms with Crippen LogP contribution in [0.15, 0.2) is 24.3 Å². The van der Waals surface area contributed by atoms with Crippen LogP contribution in [0.2, 0.25) is 0 Å². The normalized spacial score (nSPS) is 11.0. The van der Waals surface area contributed by atoms with Crippen molar-refractivity contribution in [1.82, 2.24) is 0 Å². The molecule has 2 aromatic rings. The monoisotopic (exact) mass is 528 g/mol. The van der Waals surface area contributed by atoms with Crippen LogP contribution in [0.3, 0.4) is 0 Å². The van der Waals surface area contributed by atoms with Gasteiger partial charge in [-0.05, 0) is 61.3 Å². The molecule has 0 amide bonds. The molecule has 7 nitrogen and oxygen atoms in total. The SMILES string of the molecule is CCOCCOc1cc(OCCOCC)c(PC(=O)c2c(C)cc(C)cc2C)c(OCCOCC)c1.[LiH]. The van der Waals surface area contributed by atoms with Gasteiger partial charge in [-0.2, -0.15) is 0 Å². The fourth-order valence-corrected chi connectivity index (χ4v) is 5.07. The van der Waals surface area contributed by atoms with Gasteiger partial charge in [0.25, 0.3) is 0 Å². The third kappa shape index (κ3) is 11.4. The van der Waals surface area contributed by atoms with Gasteiger partial charge in [0.05, 0.1) is 25.1 Å². The first-order valence-corrected chi connectivity index (χ1v) is 13.6. The van der Waals surface area contributed by atoms with E-state index in [-0.39, 0.29) is 33.0 Å². The van der Waals surface area contributed by atoms with Crippen LogP contribution in [-0.4, -0.2) is 83.8 Å². The first-order valence-electron chi connectivity index (χ1n) is 12.6. The summed E-state index contributed by atoms with van der Waals surface area (Å²) in [6, 6.07) is 7.72. The van der Waals surface area contributed by atoms with Gasteiger partial charge < -0.3 is 28.4 Å². The molecule has 0 fully saturated rings. The van der Waals surface area contributed by atoms with Crippen LogP contribution in [0.25, 0.3) is 0 Å². The maximum absolute atomic E-state index is 13.6. The van der Waals surface area contributed by atoms with E-state index in [0.717, 1.165) is 22.3 Å². The van der Waals surface area contributed by atoms with Gasteiger partial charge in [-0.3, -0.25) is 4.79 Å². The fourth-order valence-electron chi connectivity index (χ4n) is 3.79. The van der Waals surface area contributed by atoms with Crippen molar-refractivity contribution in [2.75, 3.05) is 59.5 Å². The predicted molar refractivity (Wildman–Crippen MR) is 152 cm³/mol. The molecule has 0 aromatic heterocycles. The van der Waals surface area contributed by atoms with Crippen molar-refractivity contribution >= 4 is 38.3 Å². The Hall–Kier alpha value is -1.58. The van der Waals surface area contributed by atoms with Gasteiger partial charge in [-0.1, -0.05) is 17.7 Å². The molecule has 37 heavy (non-hydrogen) atoms. The first kappa shape index (κ1) is 33.4. The Kier molecular flexibility index (Phi) is 16.8. The third-order valence-electron chi connectivity index (χ3n) is 5.26. The zero-order valence-electron chi connectivity index (χ0n) is 22.5. The maximum atomic E-state index is 13.6. The number of hydrogen-bond acceptors (Lipinski definition) is 7. The molecule has 0 bridgehead atoms. The fraction of sp³-hybridized carbons (Fsp3) is 0.536. The Bertz CT molecular complexity index is 912. The summed E-state index contributed by atoms with van der Waals surface area (Å²) >= 11 is 0. The summed E-state index contributed by atoms with van der Waals surface area (Å²) in [5.74, 6) is 1.71. The molecule has 0 aliphatic rings. The molecule has 0 spiro atoms. The van der Waals surface area contributed by atoms with E-state index in [4.69, 9.17) is 28.4 Å². The summed E-state index contributed by atoms with van der Waals surface area (Å²) < 4.78 is 34.4. The summed E-state index contributed by atoms with van der Waals surface area (Å²) in [5, 5.41) is 0.713. The van der Waals surface area contributed by atoms with Crippen LogP contribution >= 0.6 is 8.58 Å².